The number of ether oxygens (including phenoxy) is 1. The highest BCUT2D eigenvalue weighted by molar-refractivity contribution is 5.71. The maximum Gasteiger partial charge on any atom is 0.306 e. The van der Waals surface area contributed by atoms with Crippen molar-refractivity contribution in [1.82, 2.24) is 0 Å². The number of carbonyl (C=O) groups excluding carboxylic acids is 1. The number of carbonyl (C=O) groups is 1. The highest BCUT2D eigenvalue weighted by Gasteiger charge is 2.21. The van der Waals surface area contributed by atoms with Crippen molar-refractivity contribution in [2.45, 2.75) is 25.7 Å². The van der Waals surface area contributed by atoms with Gasteiger partial charge in [-0.3, -0.25) is 4.79 Å². The molecule has 2 nitrogen and oxygen atoms in total. The normalized spacial score (nSPS) is 21.8. The second kappa shape index (κ2) is 3.82. The first-order chi connectivity index (χ1) is 6.75. The van der Waals surface area contributed by atoms with Gasteiger partial charge in [0, 0.05) is 0 Å². The van der Waals surface area contributed by atoms with E-state index in [-0.39, 0.29) is 5.97 Å². The van der Waals surface area contributed by atoms with E-state index >= 15 is 0 Å². The molecule has 1 aromatic carbocycles. The van der Waals surface area contributed by atoms with Gasteiger partial charge in [0.15, 0.2) is 0 Å². The number of aryl methyl sites for hydroxylation is 1. The monoisotopic (exact) mass is 190 g/mol. The van der Waals surface area contributed by atoms with Gasteiger partial charge in [0.2, 0.25) is 0 Å². The Morgan fingerprint density at radius 1 is 1.29 bits per heavy atom. The lowest BCUT2D eigenvalue weighted by atomic mass is 9.91. The molecule has 1 atom stereocenters. The molecule has 1 fully saturated rings. The first-order valence-corrected chi connectivity index (χ1v) is 4.98. The largest absolute Gasteiger partial charge is 0.466 e. The Hall–Kier alpha value is -1.31. The maximum atomic E-state index is 11.1. The van der Waals surface area contributed by atoms with Gasteiger partial charge in [0.1, 0.15) is 0 Å². The molecule has 1 aromatic rings. The van der Waals surface area contributed by atoms with Crippen LogP contribution in [0.25, 0.3) is 0 Å². The zero-order valence-corrected chi connectivity index (χ0v) is 8.32. The minimum Gasteiger partial charge on any atom is -0.466 e. The molecule has 0 bridgehead atoms. The first kappa shape index (κ1) is 9.25. The summed E-state index contributed by atoms with van der Waals surface area (Å²) in [4.78, 5) is 11.1. The fourth-order valence-corrected chi connectivity index (χ4v) is 1.80. The van der Waals surface area contributed by atoms with Gasteiger partial charge >= 0.3 is 5.97 Å². The SMILES string of the molecule is Cc1ccc([C@@H]2CCOC(=O)C2)cc1. The predicted octanol–water partition coefficient (Wildman–Crippen LogP) is 2.42. The van der Waals surface area contributed by atoms with E-state index in [0.29, 0.717) is 18.9 Å². The van der Waals surface area contributed by atoms with Gasteiger partial charge in [-0.2, -0.15) is 0 Å². The second-order valence-corrected chi connectivity index (χ2v) is 3.82. The van der Waals surface area contributed by atoms with Crippen LogP contribution >= 0.6 is 0 Å². The molecule has 74 valence electrons. The lowest BCUT2D eigenvalue weighted by molar-refractivity contribution is -0.147. The van der Waals surface area contributed by atoms with Crippen molar-refractivity contribution in [3.05, 3.63) is 35.4 Å². The van der Waals surface area contributed by atoms with Gasteiger partial charge in [-0.25, -0.2) is 0 Å². The number of rotatable bonds is 1. The Kier molecular flexibility index (Phi) is 2.53. The lowest BCUT2D eigenvalue weighted by Gasteiger charge is -2.21. The Morgan fingerprint density at radius 2 is 2.00 bits per heavy atom. The molecule has 0 N–H and O–H groups in total. The maximum absolute atomic E-state index is 11.1. The van der Waals surface area contributed by atoms with E-state index in [4.69, 9.17) is 4.74 Å². The number of hydrogen-bond donors (Lipinski definition) is 0. The van der Waals surface area contributed by atoms with Crippen molar-refractivity contribution in [3.63, 3.8) is 0 Å². The molecule has 0 aliphatic carbocycles. The minimum atomic E-state index is -0.0678. The molecular formula is C12H14O2. The van der Waals surface area contributed by atoms with Crippen LogP contribution in [0.2, 0.25) is 0 Å². The average Bonchev–Trinajstić information content (AvgIpc) is 2.19. The van der Waals surface area contributed by atoms with Crippen LogP contribution in [0.15, 0.2) is 24.3 Å². The highest BCUT2D eigenvalue weighted by atomic mass is 16.5. The van der Waals surface area contributed by atoms with Crippen LogP contribution in [0.3, 0.4) is 0 Å². The van der Waals surface area contributed by atoms with Crippen molar-refractivity contribution in [3.8, 4) is 0 Å². The van der Waals surface area contributed by atoms with E-state index in [2.05, 4.69) is 31.2 Å². The lowest BCUT2D eigenvalue weighted by Crippen LogP contribution is -2.19. The summed E-state index contributed by atoms with van der Waals surface area (Å²) in [7, 11) is 0. The van der Waals surface area contributed by atoms with E-state index in [1.807, 2.05) is 0 Å². The third-order valence-corrected chi connectivity index (χ3v) is 2.69. The highest BCUT2D eigenvalue weighted by Crippen LogP contribution is 2.27. The molecule has 0 aromatic heterocycles. The summed E-state index contributed by atoms with van der Waals surface area (Å²) in [6.07, 6.45) is 1.48. The van der Waals surface area contributed by atoms with E-state index in [9.17, 15) is 4.79 Å². The zero-order valence-electron chi connectivity index (χ0n) is 8.32. The Bertz CT molecular complexity index is 327. The van der Waals surface area contributed by atoms with Gasteiger partial charge < -0.3 is 4.74 Å². The molecule has 0 saturated carbocycles. The fourth-order valence-electron chi connectivity index (χ4n) is 1.80. The predicted molar refractivity (Wildman–Crippen MR) is 54.1 cm³/mol. The van der Waals surface area contributed by atoms with E-state index < -0.39 is 0 Å². The fraction of sp³-hybridized carbons (Fsp3) is 0.417. The smallest absolute Gasteiger partial charge is 0.306 e. The third kappa shape index (κ3) is 1.95. The Balaban J connectivity index is 2.14. The van der Waals surface area contributed by atoms with E-state index in [1.54, 1.807) is 0 Å². The molecule has 14 heavy (non-hydrogen) atoms. The van der Waals surface area contributed by atoms with Crippen molar-refractivity contribution < 1.29 is 9.53 Å². The first-order valence-electron chi connectivity index (χ1n) is 4.98. The standard InChI is InChI=1S/C12H14O2/c1-9-2-4-10(5-3-9)11-6-7-14-12(13)8-11/h2-5,11H,6-8H2,1H3/t11-/m1/s1. The number of benzene rings is 1. The summed E-state index contributed by atoms with van der Waals surface area (Å²) in [6.45, 7) is 2.64. The van der Waals surface area contributed by atoms with Gasteiger partial charge in [-0.15, -0.1) is 0 Å². The number of hydrogen-bond acceptors (Lipinski definition) is 2. The Morgan fingerprint density at radius 3 is 2.64 bits per heavy atom. The number of cyclic esters (lactones) is 1. The summed E-state index contributed by atoms with van der Waals surface area (Å²) in [6, 6.07) is 8.40. The van der Waals surface area contributed by atoms with E-state index in [0.717, 1.165) is 6.42 Å². The molecule has 0 spiro atoms. The Labute approximate surface area is 83.9 Å². The molecule has 1 aliphatic heterocycles. The van der Waals surface area contributed by atoms with Crippen molar-refractivity contribution in [2.75, 3.05) is 6.61 Å². The quantitative estimate of drug-likeness (QED) is 0.636. The molecular weight excluding hydrogens is 176 g/mol. The third-order valence-electron chi connectivity index (χ3n) is 2.69. The molecule has 1 saturated heterocycles. The van der Waals surface area contributed by atoms with Crippen LogP contribution in [0.4, 0.5) is 0 Å². The molecule has 1 heterocycles. The molecule has 1 aliphatic rings. The topological polar surface area (TPSA) is 26.3 Å². The summed E-state index contributed by atoms with van der Waals surface area (Å²) in [5, 5.41) is 0. The van der Waals surface area contributed by atoms with Gasteiger partial charge in [0.25, 0.3) is 0 Å². The van der Waals surface area contributed by atoms with Crippen molar-refractivity contribution >= 4 is 5.97 Å². The van der Waals surface area contributed by atoms with Gasteiger partial charge in [-0.1, -0.05) is 29.8 Å². The molecule has 0 unspecified atom stereocenters. The summed E-state index contributed by atoms with van der Waals surface area (Å²) in [5.41, 5.74) is 2.51. The van der Waals surface area contributed by atoms with Crippen LogP contribution in [-0.4, -0.2) is 12.6 Å². The molecule has 2 heteroatoms. The zero-order chi connectivity index (χ0) is 9.97. The van der Waals surface area contributed by atoms with Gasteiger partial charge in [0.05, 0.1) is 13.0 Å². The second-order valence-electron chi connectivity index (χ2n) is 3.82. The molecule has 0 radical (unpaired) electrons. The summed E-state index contributed by atoms with van der Waals surface area (Å²) >= 11 is 0. The van der Waals surface area contributed by atoms with Crippen molar-refractivity contribution in [1.29, 1.82) is 0 Å². The van der Waals surface area contributed by atoms with Crippen LogP contribution < -0.4 is 0 Å². The molecule has 0 amide bonds. The molecule has 2 rings (SSSR count). The minimum absolute atomic E-state index is 0.0678. The van der Waals surface area contributed by atoms with E-state index in [1.165, 1.54) is 11.1 Å². The van der Waals surface area contributed by atoms with Gasteiger partial charge in [-0.05, 0) is 24.8 Å². The van der Waals surface area contributed by atoms with Crippen LogP contribution in [0.1, 0.15) is 29.9 Å². The van der Waals surface area contributed by atoms with Crippen LogP contribution in [-0.2, 0) is 9.53 Å². The average molecular weight is 190 g/mol. The number of esters is 1. The van der Waals surface area contributed by atoms with Crippen LogP contribution in [0, 0.1) is 6.92 Å². The summed E-state index contributed by atoms with van der Waals surface area (Å²) < 4.78 is 4.91. The van der Waals surface area contributed by atoms with Crippen LogP contribution in [0.5, 0.6) is 0 Å². The summed E-state index contributed by atoms with van der Waals surface area (Å²) in [5.74, 6) is 0.290. The van der Waals surface area contributed by atoms with Crippen molar-refractivity contribution in [2.24, 2.45) is 0 Å².